The summed E-state index contributed by atoms with van der Waals surface area (Å²) >= 11 is 0. The monoisotopic (exact) mass is 414 g/mol. The summed E-state index contributed by atoms with van der Waals surface area (Å²) in [5.41, 5.74) is 2.40. The number of sulfonamides is 1. The molecule has 7 heteroatoms. The Morgan fingerprint density at radius 1 is 1.10 bits per heavy atom. The van der Waals surface area contributed by atoms with E-state index >= 15 is 0 Å². The Labute approximate surface area is 172 Å². The average molecular weight is 415 g/mol. The fourth-order valence-electron chi connectivity index (χ4n) is 3.16. The summed E-state index contributed by atoms with van der Waals surface area (Å²) in [5.74, 6) is -0.0323. The van der Waals surface area contributed by atoms with Crippen molar-refractivity contribution in [3.05, 3.63) is 77.9 Å². The molecule has 154 valence electrons. The molecule has 1 fully saturated rings. The Bertz CT molecular complexity index is 947. The molecule has 0 bridgehead atoms. The molecule has 0 spiro atoms. The predicted octanol–water partition coefficient (Wildman–Crippen LogP) is 2.84. The molecule has 1 amide bonds. The first-order chi connectivity index (χ1) is 13.9. The number of rotatable bonds is 7. The number of benzene rings is 2. The van der Waals surface area contributed by atoms with Crippen LogP contribution in [0.2, 0.25) is 0 Å². The fourth-order valence-corrected chi connectivity index (χ4v) is 4.56. The normalized spacial score (nSPS) is 14.8. The summed E-state index contributed by atoms with van der Waals surface area (Å²) in [5, 5.41) is 0. The minimum atomic E-state index is -3.65. The van der Waals surface area contributed by atoms with E-state index in [9.17, 15) is 13.2 Å². The zero-order valence-corrected chi connectivity index (χ0v) is 17.4. The van der Waals surface area contributed by atoms with Gasteiger partial charge in [0.15, 0.2) is 0 Å². The number of amides is 1. The molecular weight excluding hydrogens is 388 g/mol. The van der Waals surface area contributed by atoms with Gasteiger partial charge in [-0.25, -0.2) is 8.42 Å². The Hall–Kier alpha value is -2.48. The first-order valence-electron chi connectivity index (χ1n) is 9.55. The molecule has 29 heavy (non-hydrogen) atoms. The molecule has 2 aromatic carbocycles. The van der Waals surface area contributed by atoms with Gasteiger partial charge in [0.1, 0.15) is 0 Å². The molecule has 0 N–H and O–H groups in total. The maximum atomic E-state index is 13.0. The average Bonchev–Trinajstić information content (AvgIpc) is 2.74. The highest BCUT2D eigenvalue weighted by Gasteiger charge is 2.24. The molecular formula is C22H26N2O4S. The zero-order valence-electron chi connectivity index (χ0n) is 16.6. The van der Waals surface area contributed by atoms with Crippen LogP contribution in [0.3, 0.4) is 0 Å². The number of morpholine rings is 1. The van der Waals surface area contributed by atoms with Gasteiger partial charge in [-0.3, -0.25) is 4.79 Å². The fraction of sp³-hybridized carbons (Fsp3) is 0.318. The van der Waals surface area contributed by atoms with Crippen LogP contribution in [0.1, 0.15) is 21.5 Å². The second-order valence-electron chi connectivity index (χ2n) is 7.00. The topological polar surface area (TPSA) is 66.9 Å². The number of carbonyl (C=O) groups is 1. The van der Waals surface area contributed by atoms with E-state index in [0.29, 0.717) is 31.9 Å². The van der Waals surface area contributed by atoms with Gasteiger partial charge in [0.05, 0.1) is 18.1 Å². The maximum absolute atomic E-state index is 13.0. The van der Waals surface area contributed by atoms with Gasteiger partial charge in [-0.1, -0.05) is 35.9 Å². The third-order valence-corrected chi connectivity index (χ3v) is 6.68. The molecule has 2 aromatic rings. The standard InChI is InChI=1S/C22H26N2O4S/c1-3-12-24(29(26,27)21-10-4-18(2)5-11-21)17-19-6-8-20(9-7-19)22(25)23-13-15-28-16-14-23/h3-11H,1,12-17H2,2H3. The summed E-state index contributed by atoms with van der Waals surface area (Å²) in [6, 6.07) is 13.9. The van der Waals surface area contributed by atoms with Crippen molar-refractivity contribution in [1.29, 1.82) is 0 Å². The Morgan fingerprint density at radius 3 is 2.31 bits per heavy atom. The highest BCUT2D eigenvalue weighted by molar-refractivity contribution is 7.89. The number of nitrogens with zero attached hydrogens (tertiary/aromatic N) is 2. The van der Waals surface area contributed by atoms with Crippen LogP contribution in [-0.4, -0.2) is 56.4 Å². The van der Waals surface area contributed by atoms with Crippen molar-refractivity contribution >= 4 is 15.9 Å². The Kier molecular flexibility index (Phi) is 6.84. The number of hydrogen-bond acceptors (Lipinski definition) is 4. The van der Waals surface area contributed by atoms with Crippen LogP contribution in [0.25, 0.3) is 0 Å². The summed E-state index contributed by atoms with van der Waals surface area (Å²) in [6.45, 7) is 8.28. The SMILES string of the molecule is C=CCN(Cc1ccc(C(=O)N2CCOCC2)cc1)S(=O)(=O)c1ccc(C)cc1. The second-order valence-corrected chi connectivity index (χ2v) is 8.94. The van der Waals surface area contributed by atoms with Gasteiger partial charge in [0.25, 0.3) is 5.91 Å². The largest absolute Gasteiger partial charge is 0.378 e. The molecule has 0 aromatic heterocycles. The first kappa shape index (κ1) is 21.2. The van der Waals surface area contributed by atoms with Crippen LogP contribution in [0, 0.1) is 6.92 Å². The lowest BCUT2D eigenvalue weighted by atomic mass is 10.1. The highest BCUT2D eigenvalue weighted by atomic mass is 32.2. The van der Waals surface area contributed by atoms with Crippen LogP contribution in [0.4, 0.5) is 0 Å². The van der Waals surface area contributed by atoms with Crippen molar-refractivity contribution in [1.82, 2.24) is 9.21 Å². The van der Waals surface area contributed by atoms with Gasteiger partial charge in [-0.2, -0.15) is 4.31 Å². The van der Waals surface area contributed by atoms with Crippen LogP contribution in [0.15, 0.2) is 66.1 Å². The maximum Gasteiger partial charge on any atom is 0.254 e. The zero-order chi connectivity index (χ0) is 20.9. The summed E-state index contributed by atoms with van der Waals surface area (Å²) < 4.78 is 32.7. The summed E-state index contributed by atoms with van der Waals surface area (Å²) in [7, 11) is -3.65. The first-order valence-corrected chi connectivity index (χ1v) is 11.0. The lowest BCUT2D eigenvalue weighted by Crippen LogP contribution is -2.40. The van der Waals surface area contributed by atoms with Gasteiger partial charge in [-0.15, -0.1) is 6.58 Å². The number of aryl methyl sites for hydroxylation is 1. The minimum absolute atomic E-state index is 0.0323. The van der Waals surface area contributed by atoms with Crippen molar-refractivity contribution in [3.8, 4) is 0 Å². The molecule has 0 aliphatic carbocycles. The van der Waals surface area contributed by atoms with Crippen LogP contribution < -0.4 is 0 Å². The molecule has 0 atom stereocenters. The van der Waals surface area contributed by atoms with Crippen LogP contribution in [0.5, 0.6) is 0 Å². The molecule has 1 aliphatic heterocycles. The van der Waals surface area contributed by atoms with Crippen molar-refractivity contribution in [2.24, 2.45) is 0 Å². The lowest BCUT2D eigenvalue weighted by molar-refractivity contribution is 0.0303. The van der Waals surface area contributed by atoms with Gasteiger partial charge >= 0.3 is 0 Å². The van der Waals surface area contributed by atoms with E-state index in [1.807, 2.05) is 6.92 Å². The quantitative estimate of drug-likeness (QED) is 0.654. The van der Waals surface area contributed by atoms with E-state index < -0.39 is 10.0 Å². The molecule has 3 rings (SSSR count). The van der Waals surface area contributed by atoms with E-state index in [2.05, 4.69) is 6.58 Å². The summed E-state index contributed by atoms with van der Waals surface area (Å²) in [4.78, 5) is 14.6. The second kappa shape index (κ2) is 9.35. The predicted molar refractivity (Wildman–Crippen MR) is 112 cm³/mol. The smallest absolute Gasteiger partial charge is 0.254 e. The van der Waals surface area contributed by atoms with E-state index in [0.717, 1.165) is 11.1 Å². The number of carbonyl (C=O) groups excluding carboxylic acids is 1. The number of hydrogen-bond donors (Lipinski definition) is 0. The van der Waals surface area contributed by atoms with Crippen molar-refractivity contribution in [2.45, 2.75) is 18.4 Å². The molecule has 1 saturated heterocycles. The third kappa shape index (κ3) is 5.12. The van der Waals surface area contributed by atoms with Gasteiger partial charge in [0, 0.05) is 31.7 Å². The summed E-state index contributed by atoms with van der Waals surface area (Å²) in [6.07, 6.45) is 1.57. The number of ether oxygens (including phenoxy) is 1. The van der Waals surface area contributed by atoms with Crippen molar-refractivity contribution < 1.29 is 17.9 Å². The molecule has 0 radical (unpaired) electrons. The van der Waals surface area contributed by atoms with E-state index in [-0.39, 0.29) is 23.9 Å². The lowest BCUT2D eigenvalue weighted by Gasteiger charge is -2.27. The molecule has 0 saturated carbocycles. The third-order valence-electron chi connectivity index (χ3n) is 4.85. The Balaban J connectivity index is 1.76. The van der Waals surface area contributed by atoms with E-state index in [1.54, 1.807) is 59.5 Å². The van der Waals surface area contributed by atoms with Gasteiger partial charge in [0.2, 0.25) is 10.0 Å². The van der Waals surface area contributed by atoms with E-state index in [4.69, 9.17) is 4.74 Å². The highest BCUT2D eigenvalue weighted by Crippen LogP contribution is 2.20. The van der Waals surface area contributed by atoms with Gasteiger partial charge < -0.3 is 9.64 Å². The van der Waals surface area contributed by atoms with Crippen molar-refractivity contribution in [2.75, 3.05) is 32.8 Å². The molecule has 1 heterocycles. The van der Waals surface area contributed by atoms with Crippen molar-refractivity contribution in [3.63, 3.8) is 0 Å². The molecule has 6 nitrogen and oxygen atoms in total. The molecule has 0 unspecified atom stereocenters. The minimum Gasteiger partial charge on any atom is -0.378 e. The van der Waals surface area contributed by atoms with E-state index in [1.165, 1.54) is 4.31 Å². The van der Waals surface area contributed by atoms with Gasteiger partial charge in [-0.05, 0) is 36.8 Å². The molecule has 1 aliphatic rings. The Morgan fingerprint density at radius 2 is 1.72 bits per heavy atom. The van der Waals surface area contributed by atoms with Crippen LogP contribution >= 0.6 is 0 Å². The van der Waals surface area contributed by atoms with Crippen LogP contribution in [-0.2, 0) is 21.3 Å².